The van der Waals surface area contributed by atoms with Gasteiger partial charge in [-0.25, -0.2) is 4.98 Å². The standard InChI is InChI=1S/C18H20N4O/c1-3-18(2,23)9-6-13-4-5-14-8-11-22(15(14)12-13)16-7-10-20-17(19)21-16/h4-5,7,10,12,23H,3,8,11H2,1-2H3,(H2,19,20,21). The van der Waals surface area contributed by atoms with Gasteiger partial charge < -0.3 is 15.7 Å². The van der Waals surface area contributed by atoms with Crippen LogP contribution in [-0.2, 0) is 6.42 Å². The molecule has 0 spiro atoms. The minimum Gasteiger partial charge on any atom is -0.378 e. The second kappa shape index (κ2) is 5.90. The molecule has 1 aromatic heterocycles. The van der Waals surface area contributed by atoms with Gasteiger partial charge in [-0.1, -0.05) is 24.8 Å². The van der Waals surface area contributed by atoms with Crippen molar-refractivity contribution in [2.24, 2.45) is 0 Å². The molecule has 0 bridgehead atoms. The quantitative estimate of drug-likeness (QED) is 0.832. The van der Waals surface area contributed by atoms with Gasteiger partial charge in [-0.2, -0.15) is 4.98 Å². The Bertz CT molecular complexity index is 789. The second-order valence-electron chi connectivity index (χ2n) is 5.90. The topological polar surface area (TPSA) is 75.3 Å². The third-order valence-electron chi connectivity index (χ3n) is 4.08. The van der Waals surface area contributed by atoms with Crippen LogP contribution in [0.15, 0.2) is 30.5 Å². The van der Waals surface area contributed by atoms with Gasteiger partial charge in [0.25, 0.3) is 0 Å². The molecule has 1 aliphatic rings. The van der Waals surface area contributed by atoms with Gasteiger partial charge in [-0.15, -0.1) is 0 Å². The van der Waals surface area contributed by atoms with Gasteiger partial charge in [0.05, 0.1) is 0 Å². The zero-order valence-corrected chi connectivity index (χ0v) is 13.4. The highest BCUT2D eigenvalue weighted by Gasteiger charge is 2.22. The molecule has 1 atom stereocenters. The first-order valence-electron chi connectivity index (χ1n) is 7.73. The van der Waals surface area contributed by atoms with Crippen molar-refractivity contribution in [2.45, 2.75) is 32.3 Å². The molecule has 0 aliphatic carbocycles. The van der Waals surface area contributed by atoms with Crippen molar-refractivity contribution in [1.29, 1.82) is 0 Å². The van der Waals surface area contributed by atoms with E-state index in [1.54, 1.807) is 13.1 Å². The fourth-order valence-corrected chi connectivity index (χ4v) is 2.50. The monoisotopic (exact) mass is 308 g/mol. The van der Waals surface area contributed by atoms with Crippen molar-refractivity contribution in [2.75, 3.05) is 17.2 Å². The molecular weight excluding hydrogens is 288 g/mol. The molecule has 5 nitrogen and oxygen atoms in total. The van der Waals surface area contributed by atoms with E-state index in [2.05, 4.69) is 32.8 Å². The Kier molecular flexibility index (Phi) is 3.93. The minimum atomic E-state index is -0.959. The van der Waals surface area contributed by atoms with Crippen LogP contribution in [0.3, 0.4) is 0 Å². The largest absolute Gasteiger partial charge is 0.378 e. The SMILES string of the molecule is CCC(C)(O)C#Cc1ccc2c(c1)N(c1ccnc(N)n1)CC2. The van der Waals surface area contributed by atoms with Crippen molar-refractivity contribution in [1.82, 2.24) is 9.97 Å². The number of hydrogen-bond acceptors (Lipinski definition) is 5. The number of anilines is 3. The van der Waals surface area contributed by atoms with Gasteiger partial charge in [0.2, 0.25) is 5.95 Å². The summed E-state index contributed by atoms with van der Waals surface area (Å²) in [5.74, 6) is 7.05. The zero-order chi connectivity index (χ0) is 16.4. The second-order valence-corrected chi connectivity index (χ2v) is 5.90. The molecule has 0 saturated heterocycles. The number of nitrogens with two attached hydrogens (primary N) is 1. The lowest BCUT2D eigenvalue weighted by Crippen LogP contribution is -2.19. The van der Waals surface area contributed by atoms with E-state index in [0.29, 0.717) is 6.42 Å². The van der Waals surface area contributed by atoms with Crippen LogP contribution in [0.5, 0.6) is 0 Å². The Balaban J connectivity index is 1.95. The summed E-state index contributed by atoms with van der Waals surface area (Å²) in [5.41, 5.74) is 7.96. The molecular formula is C18H20N4O. The molecule has 3 N–H and O–H groups in total. The minimum absolute atomic E-state index is 0.269. The third kappa shape index (κ3) is 3.27. The Labute approximate surface area is 136 Å². The van der Waals surface area contributed by atoms with Gasteiger partial charge >= 0.3 is 0 Å². The number of fused-ring (bicyclic) bond motifs is 1. The molecule has 0 fully saturated rings. The van der Waals surface area contributed by atoms with Crippen LogP contribution in [0.2, 0.25) is 0 Å². The summed E-state index contributed by atoms with van der Waals surface area (Å²) in [6.07, 6.45) is 3.22. The van der Waals surface area contributed by atoms with Crippen molar-refractivity contribution >= 4 is 17.5 Å². The Hall–Kier alpha value is -2.58. The summed E-state index contributed by atoms with van der Waals surface area (Å²) < 4.78 is 0. The number of hydrogen-bond donors (Lipinski definition) is 2. The van der Waals surface area contributed by atoms with E-state index in [1.807, 2.05) is 25.1 Å². The van der Waals surface area contributed by atoms with E-state index >= 15 is 0 Å². The number of nitrogen functional groups attached to an aromatic ring is 1. The van der Waals surface area contributed by atoms with Crippen molar-refractivity contribution in [3.05, 3.63) is 41.6 Å². The molecule has 3 rings (SSSR count). The average molecular weight is 308 g/mol. The lowest BCUT2D eigenvalue weighted by Gasteiger charge is -2.18. The number of aromatic nitrogens is 2. The zero-order valence-electron chi connectivity index (χ0n) is 13.4. The van der Waals surface area contributed by atoms with Crippen LogP contribution in [0.1, 0.15) is 31.4 Å². The van der Waals surface area contributed by atoms with Gasteiger partial charge in [0.15, 0.2) is 0 Å². The highest BCUT2D eigenvalue weighted by Crippen LogP contribution is 2.34. The molecule has 5 heteroatoms. The van der Waals surface area contributed by atoms with E-state index in [0.717, 1.165) is 30.0 Å². The predicted octanol–water partition coefficient (Wildman–Crippen LogP) is 2.27. The van der Waals surface area contributed by atoms with Crippen LogP contribution in [-0.4, -0.2) is 27.2 Å². The van der Waals surface area contributed by atoms with Gasteiger partial charge in [0, 0.05) is 24.0 Å². The van der Waals surface area contributed by atoms with Crippen LogP contribution >= 0.6 is 0 Å². The molecule has 0 radical (unpaired) electrons. The van der Waals surface area contributed by atoms with Crippen LogP contribution in [0.4, 0.5) is 17.5 Å². The first-order chi connectivity index (χ1) is 11.0. The molecule has 0 saturated carbocycles. The maximum absolute atomic E-state index is 10.0. The van der Waals surface area contributed by atoms with Gasteiger partial charge in [-0.3, -0.25) is 0 Å². The summed E-state index contributed by atoms with van der Waals surface area (Å²) in [4.78, 5) is 10.4. The smallest absolute Gasteiger partial charge is 0.221 e. The van der Waals surface area contributed by atoms with E-state index in [4.69, 9.17) is 5.73 Å². The fraction of sp³-hybridized carbons (Fsp3) is 0.333. The Morgan fingerprint density at radius 1 is 1.39 bits per heavy atom. The summed E-state index contributed by atoms with van der Waals surface area (Å²) in [5, 5.41) is 10.0. The fourth-order valence-electron chi connectivity index (χ4n) is 2.50. The van der Waals surface area contributed by atoms with E-state index in [-0.39, 0.29) is 5.95 Å². The summed E-state index contributed by atoms with van der Waals surface area (Å²) in [7, 11) is 0. The Morgan fingerprint density at radius 2 is 2.22 bits per heavy atom. The van der Waals surface area contributed by atoms with Crippen LogP contribution < -0.4 is 10.6 Å². The highest BCUT2D eigenvalue weighted by molar-refractivity contribution is 5.69. The summed E-state index contributed by atoms with van der Waals surface area (Å²) >= 11 is 0. The Morgan fingerprint density at radius 3 is 2.96 bits per heavy atom. The molecule has 1 aromatic carbocycles. The first kappa shape index (κ1) is 15.3. The maximum atomic E-state index is 10.0. The van der Waals surface area contributed by atoms with E-state index < -0.39 is 5.60 Å². The van der Waals surface area contributed by atoms with Crippen LogP contribution in [0, 0.1) is 11.8 Å². The molecule has 0 amide bonds. The van der Waals surface area contributed by atoms with Crippen molar-refractivity contribution in [3.63, 3.8) is 0 Å². The number of nitrogens with zero attached hydrogens (tertiary/aromatic N) is 3. The van der Waals surface area contributed by atoms with Crippen LogP contribution in [0.25, 0.3) is 0 Å². The molecule has 1 aliphatic heterocycles. The molecule has 2 heterocycles. The maximum Gasteiger partial charge on any atom is 0.221 e. The molecule has 2 aromatic rings. The number of aliphatic hydroxyl groups is 1. The molecule has 23 heavy (non-hydrogen) atoms. The summed E-state index contributed by atoms with van der Waals surface area (Å²) in [6.45, 7) is 4.50. The number of benzene rings is 1. The van der Waals surface area contributed by atoms with Gasteiger partial charge in [-0.05, 0) is 43.5 Å². The lowest BCUT2D eigenvalue weighted by atomic mass is 10.0. The van der Waals surface area contributed by atoms with Gasteiger partial charge in [0.1, 0.15) is 11.4 Å². The number of rotatable bonds is 2. The lowest BCUT2D eigenvalue weighted by molar-refractivity contribution is 0.118. The molecule has 1 unspecified atom stereocenters. The van der Waals surface area contributed by atoms with Crippen molar-refractivity contribution in [3.8, 4) is 11.8 Å². The first-order valence-corrected chi connectivity index (χ1v) is 7.73. The summed E-state index contributed by atoms with van der Waals surface area (Å²) in [6, 6.07) is 7.98. The molecule has 118 valence electrons. The highest BCUT2D eigenvalue weighted by atomic mass is 16.3. The average Bonchev–Trinajstić information content (AvgIpc) is 2.96. The third-order valence-corrected chi connectivity index (χ3v) is 4.08. The van der Waals surface area contributed by atoms with E-state index in [1.165, 1.54) is 5.56 Å². The predicted molar refractivity (Wildman–Crippen MR) is 91.4 cm³/mol. The normalized spacial score (nSPS) is 15.5. The van der Waals surface area contributed by atoms with E-state index in [9.17, 15) is 5.11 Å². The van der Waals surface area contributed by atoms with Crippen molar-refractivity contribution < 1.29 is 5.11 Å².